The molecule has 1 fully saturated rings. The molecule has 0 N–H and O–H groups in total. The van der Waals surface area contributed by atoms with Gasteiger partial charge in [-0.1, -0.05) is 23.4 Å². The first-order chi connectivity index (χ1) is 11.7. The number of hydrogen-bond acceptors (Lipinski definition) is 5. The molecule has 2 heterocycles. The van der Waals surface area contributed by atoms with Crippen molar-refractivity contribution in [2.45, 2.75) is 19.8 Å². The van der Waals surface area contributed by atoms with Crippen LogP contribution in [0.25, 0.3) is 0 Å². The van der Waals surface area contributed by atoms with Crippen molar-refractivity contribution in [2.24, 2.45) is 12.2 Å². The molecule has 2 aromatic rings. The van der Waals surface area contributed by atoms with Crippen LogP contribution in [0.15, 0.2) is 35.5 Å². The lowest BCUT2D eigenvalue weighted by molar-refractivity contribution is 0.120. The highest BCUT2D eigenvalue weighted by atomic mass is 16.6. The van der Waals surface area contributed by atoms with Crippen LogP contribution in [0, 0.1) is 6.92 Å². The van der Waals surface area contributed by atoms with Crippen molar-refractivity contribution in [3.63, 3.8) is 0 Å². The second-order valence-corrected chi connectivity index (χ2v) is 5.96. The number of para-hydroxylation sites is 1. The molecule has 0 spiro atoms. The first kappa shape index (κ1) is 16.5. The smallest absolute Gasteiger partial charge is 0.226 e. The lowest BCUT2D eigenvalue weighted by atomic mass is 10.3. The van der Waals surface area contributed by atoms with E-state index in [0.717, 1.165) is 23.6 Å². The van der Waals surface area contributed by atoms with Gasteiger partial charge in [0.15, 0.2) is 0 Å². The summed E-state index contributed by atoms with van der Waals surface area (Å²) in [5, 5.41) is 8.50. The molecule has 1 aromatic carbocycles. The van der Waals surface area contributed by atoms with Crippen molar-refractivity contribution in [3.05, 3.63) is 41.6 Å². The maximum Gasteiger partial charge on any atom is 0.226 e. The van der Waals surface area contributed by atoms with Crippen LogP contribution in [0.4, 0.5) is 0 Å². The molecular formula is C18H24N4O2. The quantitative estimate of drug-likeness (QED) is 0.445. The topological polar surface area (TPSA) is 51.9 Å². The summed E-state index contributed by atoms with van der Waals surface area (Å²) in [5.74, 6) is 1.43. The van der Waals surface area contributed by atoms with Gasteiger partial charge in [-0.25, -0.2) is 4.68 Å². The number of ether oxygens (including phenoxy) is 1. The fourth-order valence-corrected chi connectivity index (χ4v) is 2.84. The number of aromatic nitrogens is 2. The van der Waals surface area contributed by atoms with Crippen molar-refractivity contribution < 1.29 is 9.57 Å². The van der Waals surface area contributed by atoms with Gasteiger partial charge in [-0.3, -0.25) is 4.90 Å². The van der Waals surface area contributed by atoms with E-state index < -0.39 is 0 Å². The second-order valence-electron chi connectivity index (χ2n) is 5.96. The van der Waals surface area contributed by atoms with Gasteiger partial charge in [-0.2, -0.15) is 5.10 Å². The number of aryl methyl sites for hydroxylation is 2. The minimum absolute atomic E-state index is 0.602. The molecule has 6 nitrogen and oxygen atoms in total. The molecule has 0 saturated carbocycles. The Bertz CT molecular complexity index is 676. The molecule has 1 aromatic heterocycles. The molecule has 0 aliphatic carbocycles. The molecular weight excluding hydrogens is 304 g/mol. The molecule has 3 rings (SSSR count). The van der Waals surface area contributed by atoms with Crippen LogP contribution in [0.1, 0.15) is 24.1 Å². The van der Waals surface area contributed by atoms with Crippen LogP contribution in [0.2, 0.25) is 0 Å². The van der Waals surface area contributed by atoms with E-state index in [4.69, 9.17) is 9.57 Å². The highest BCUT2D eigenvalue weighted by Crippen LogP contribution is 2.25. The van der Waals surface area contributed by atoms with E-state index in [1.165, 1.54) is 25.9 Å². The molecule has 24 heavy (non-hydrogen) atoms. The van der Waals surface area contributed by atoms with Gasteiger partial charge in [0, 0.05) is 13.6 Å². The molecule has 0 amide bonds. The van der Waals surface area contributed by atoms with E-state index in [2.05, 4.69) is 15.2 Å². The Labute approximate surface area is 142 Å². The van der Waals surface area contributed by atoms with Crippen LogP contribution in [-0.2, 0) is 11.9 Å². The Hall–Kier alpha value is -2.34. The average Bonchev–Trinajstić information content (AvgIpc) is 3.18. The van der Waals surface area contributed by atoms with E-state index in [1.54, 1.807) is 10.9 Å². The number of hydrogen-bond donors (Lipinski definition) is 0. The van der Waals surface area contributed by atoms with Crippen LogP contribution in [-0.4, -0.2) is 47.1 Å². The van der Waals surface area contributed by atoms with Crippen molar-refractivity contribution in [3.8, 4) is 11.6 Å². The monoisotopic (exact) mass is 328 g/mol. The summed E-state index contributed by atoms with van der Waals surface area (Å²) >= 11 is 0. The van der Waals surface area contributed by atoms with E-state index in [0.29, 0.717) is 12.5 Å². The predicted molar refractivity (Wildman–Crippen MR) is 93.7 cm³/mol. The first-order valence-electron chi connectivity index (χ1n) is 8.38. The number of nitrogens with zero attached hydrogens (tertiary/aromatic N) is 4. The predicted octanol–water partition coefficient (Wildman–Crippen LogP) is 2.97. The summed E-state index contributed by atoms with van der Waals surface area (Å²) in [6.45, 7) is 5.80. The zero-order valence-electron chi connectivity index (χ0n) is 14.3. The average molecular weight is 328 g/mol. The van der Waals surface area contributed by atoms with Gasteiger partial charge in [0.25, 0.3) is 0 Å². The molecule has 0 unspecified atom stereocenters. The number of likely N-dealkylation sites (tertiary alicyclic amines) is 1. The van der Waals surface area contributed by atoms with Gasteiger partial charge in [0.2, 0.25) is 5.88 Å². The first-order valence-corrected chi connectivity index (χ1v) is 8.38. The Kier molecular flexibility index (Phi) is 5.48. The zero-order chi connectivity index (χ0) is 16.8. The summed E-state index contributed by atoms with van der Waals surface area (Å²) in [7, 11) is 1.86. The zero-order valence-corrected chi connectivity index (χ0v) is 14.3. The van der Waals surface area contributed by atoms with Crippen LogP contribution in [0.3, 0.4) is 0 Å². The molecule has 0 bridgehead atoms. The van der Waals surface area contributed by atoms with Gasteiger partial charge < -0.3 is 9.57 Å². The SMILES string of the molecule is Cc1nn(C)c(Oc2ccccc2)c1/C=N/OCCN1CCCC1. The standard InChI is InChI=1S/C18H24N4O2/c1-15-17(14-19-23-13-12-22-10-6-7-11-22)18(21(2)20-15)24-16-8-4-3-5-9-16/h3-5,8-9,14H,6-7,10-13H2,1-2H3/b19-14+. The van der Waals surface area contributed by atoms with Gasteiger partial charge in [-0.05, 0) is 45.0 Å². The summed E-state index contributed by atoms with van der Waals surface area (Å²) in [5.41, 5.74) is 1.69. The summed E-state index contributed by atoms with van der Waals surface area (Å²) < 4.78 is 7.66. The molecule has 6 heteroatoms. The highest BCUT2D eigenvalue weighted by Gasteiger charge is 2.14. The Balaban J connectivity index is 1.60. The maximum atomic E-state index is 5.94. The summed E-state index contributed by atoms with van der Waals surface area (Å²) in [6, 6.07) is 9.66. The van der Waals surface area contributed by atoms with Crippen LogP contribution >= 0.6 is 0 Å². The van der Waals surface area contributed by atoms with E-state index in [1.807, 2.05) is 44.3 Å². The summed E-state index contributed by atoms with van der Waals surface area (Å²) in [4.78, 5) is 7.80. The molecule has 1 aliphatic heterocycles. The fraction of sp³-hybridized carbons (Fsp3) is 0.444. The molecule has 1 aliphatic rings. The van der Waals surface area contributed by atoms with Crippen molar-refractivity contribution in [1.29, 1.82) is 0 Å². The molecule has 1 saturated heterocycles. The van der Waals surface area contributed by atoms with Gasteiger partial charge in [-0.15, -0.1) is 0 Å². The fourth-order valence-electron chi connectivity index (χ4n) is 2.84. The third-order valence-corrected chi connectivity index (χ3v) is 4.13. The maximum absolute atomic E-state index is 5.94. The van der Waals surface area contributed by atoms with Crippen LogP contribution < -0.4 is 4.74 Å². The minimum atomic E-state index is 0.602. The van der Waals surface area contributed by atoms with Gasteiger partial charge >= 0.3 is 0 Å². The number of oxime groups is 1. The van der Waals surface area contributed by atoms with Crippen LogP contribution in [0.5, 0.6) is 11.6 Å². The Morgan fingerprint density at radius 2 is 1.96 bits per heavy atom. The number of rotatable bonds is 7. The normalized spacial score (nSPS) is 15.2. The molecule has 0 radical (unpaired) electrons. The Morgan fingerprint density at radius 1 is 1.21 bits per heavy atom. The highest BCUT2D eigenvalue weighted by molar-refractivity contribution is 5.84. The van der Waals surface area contributed by atoms with Crippen molar-refractivity contribution in [2.75, 3.05) is 26.2 Å². The lowest BCUT2D eigenvalue weighted by Gasteiger charge is -2.12. The van der Waals surface area contributed by atoms with E-state index >= 15 is 0 Å². The largest absolute Gasteiger partial charge is 0.439 e. The van der Waals surface area contributed by atoms with Gasteiger partial charge in [0.1, 0.15) is 12.4 Å². The molecule has 0 atom stereocenters. The van der Waals surface area contributed by atoms with E-state index in [9.17, 15) is 0 Å². The van der Waals surface area contributed by atoms with Crippen molar-refractivity contribution in [1.82, 2.24) is 14.7 Å². The lowest BCUT2D eigenvalue weighted by Crippen LogP contribution is -2.23. The molecule has 128 valence electrons. The summed E-state index contributed by atoms with van der Waals surface area (Å²) in [6.07, 6.45) is 4.27. The third-order valence-electron chi connectivity index (χ3n) is 4.13. The minimum Gasteiger partial charge on any atom is -0.439 e. The van der Waals surface area contributed by atoms with Gasteiger partial charge in [0.05, 0.1) is 17.5 Å². The van der Waals surface area contributed by atoms with E-state index in [-0.39, 0.29) is 0 Å². The third kappa shape index (κ3) is 4.14. The van der Waals surface area contributed by atoms with Crippen molar-refractivity contribution >= 4 is 6.21 Å². The number of benzene rings is 1. The Morgan fingerprint density at radius 3 is 2.71 bits per heavy atom. The second kappa shape index (κ2) is 7.97.